The normalized spacial score (nSPS) is 10.1. The topological polar surface area (TPSA) is 58.2 Å². The van der Waals surface area contributed by atoms with Crippen LogP contribution in [-0.4, -0.2) is 11.8 Å². The Kier molecular flexibility index (Phi) is 5.31. The fourth-order valence-electron chi connectivity index (χ4n) is 1.98. The molecule has 0 fully saturated rings. The van der Waals surface area contributed by atoms with Gasteiger partial charge in [-0.3, -0.25) is 9.59 Å². The van der Waals surface area contributed by atoms with Crippen LogP contribution in [0.4, 0.5) is 5.69 Å². The van der Waals surface area contributed by atoms with E-state index in [4.69, 9.17) is 0 Å². The minimum Gasteiger partial charge on any atom is -0.348 e. The third kappa shape index (κ3) is 4.45. The average Bonchev–Trinajstić information content (AvgIpc) is 2.54. The Balaban J connectivity index is 1.98. The van der Waals surface area contributed by atoms with Crippen LogP contribution in [0.1, 0.15) is 34.8 Å². The van der Waals surface area contributed by atoms with E-state index >= 15 is 0 Å². The average molecular weight is 296 g/mol. The number of hydrogen-bond acceptors (Lipinski definition) is 2. The van der Waals surface area contributed by atoms with Crippen molar-refractivity contribution in [3.05, 3.63) is 65.2 Å². The van der Waals surface area contributed by atoms with Gasteiger partial charge in [-0.2, -0.15) is 0 Å². The Morgan fingerprint density at radius 3 is 2.45 bits per heavy atom. The van der Waals surface area contributed by atoms with Gasteiger partial charge in [0.15, 0.2) is 0 Å². The number of hydrogen-bond donors (Lipinski definition) is 2. The quantitative estimate of drug-likeness (QED) is 0.889. The predicted molar refractivity (Wildman–Crippen MR) is 87.7 cm³/mol. The summed E-state index contributed by atoms with van der Waals surface area (Å²) in [6.07, 6.45) is 0.407. The van der Waals surface area contributed by atoms with Gasteiger partial charge in [-0.1, -0.05) is 42.8 Å². The van der Waals surface area contributed by atoms with E-state index < -0.39 is 0 Å². The SMILES string of the molecule is CCC(=O)Nc1cccc(C(=O)NCc2ccc(C)cc2)c1. The van der Waals surface area contributed by atoms with Gasteiger partial charge >= 0.3 is 0 Å². The molecule has 0 heterocycles. The molecule has 0 saturated carbocycles. The molecule has 114 valence electrons. The number of nitrogens with one attached hydrogen (secondary N) is 2. The second-order valence-electron chi connectivity index (χ2n) is 5.15. The van der Waals surface area contributed by atoms with Crippen LogP contribution in [-0.2, 0) is 11.3 Å². The number of carbonyl (C=O) groups excluding carboxylic acids is 2. The summed E-state index contributed by atoms with van der Waals surface area (Å²) in [5, 5.41) is 5.63. The lowest BCUT2D eigenvalue weighted by molar-refractivity contribution is -0.115. The molecule has 2 amide bonds. The number of amides is 2. The van der Waals surface area contributed by atoms with Crippen molar-refractivity contribution < 1.29 is 9.59 Å². The summed E-state index contributed by atoms with van der Waals surface area (Å²) in [7, 11) is 0. The van der Waals surface area contributed by atoms with E-state index in [1.165, 1.54) is 5.56 Å². The predicted octanol–water partition coefficient (Wildman–Crippen LogP) is 3.27. The van der Waals surface area contributed by atoms with Gasteiger partial charge in [0.25, 0.3) is 5.91 Å². The molecule has 0 unspecified atom stereocenters. The van der Waals surface area contributed by atoms with Crippen molar-refractivity contribution in [2.24, 2.45) is 0 Å². The summed E-state index contributed by atoms with van der Waals surface area (Å²) in [4.78, 5) is 23.6. The van der Waals surface area contributed by atoms with Crippen LogP contribution in [0.2, 0.25) is 0 Å². The standard InChI is InChI=1S/C18H20N2O2/c1-3-17(21)20-16-6-4-5-15(11-16)18(22)19-12-14-9-7-13(2)8-10-14/h4-11H,3,12H2,1-2H3,(H,19,22)(H,20,21). The molecule has 0 aliphatic heterocycles. The van der Waals surface area contributed by atoms with Gasteiger partial charge in [0.2, 0.25) is 5.91 Å². The van der Waals surface area contributed by atoms with E-state index in [1.807, 2.05) is 31.2 Å². The van der Waals surface area contributed by atoms with Gasteiger partial charge in [0.1, 0.15) is 0 Å². The summed E-state index contributed by atoms with van der Waals surface area (Å²) in [5.41, 5.74) is 3.40. The molecule has 0 bridgehead atoms. The van der Waals surface area contributed by atoms with Gasteiger partial charge in [-0.05, 0) is 30.7 Å². The molecular formula is C18H20N2O2. The van der Waals surface area contributed by atoms with Gasteiger partial charge in [-0.25, -0.2) is 0 Å². The Bertz CT molecular complexity index is 663. The minimum absolute atomic E-state index is 0.0720. The van der Waals surface area contributed by atoms with Crippen molar-refractivity contribution in [2.45, 2.75) is 26.8 Å². The van der Waals surface area contributed by atoms with Crippen molar-refractivity contribution in [1.29, 1.82) is 0 Å². The number of carbonyl (C=O) groups is 2. The van der Waals surface area contributed by atoms with Crippen LogP contribution in [0.15, 0.2) is 48.5 Å². The Hall–Kier alpha value is -2.62. The fourth-order valence-corrected chi connectivity index (χ4v) is 1.98. The molecule has 2 aromatic rings. The van der Waals surface area contributed by atoms with Crippen LogP contribution in [0.5, 0.6) is 0 Å². The van der Waals surface area contributed by atoms with Crippen LogP contribution in [0.25, 0.3) is 0 Å². The van der Waals surface area contributed by atoms with E-state index in [2.05, 4.69) is 10.6 Å². The molecule has 22 heavy (non-hydrogen) atoms. The zero-order chi connectivity index (χ0) is 15.9. The van der Waals surface area contributed by atoms with Crippen LogP contribution >= 0.6 is 0 Å². The second-order valence-corrected chi connectivity index (χ2v) is 5.15. The maximum atomic E-state index is 12.2. The van der Waals surface area contributed by atoms with E-state index in [0.717, 1.165) is 5.56 Å². The first-order chi connectivity index (χ1) is 10.6. The Morgan fingerprint density at radius 1 is 1.05 bits per heavy atom. The molecule has 4 heteroatoms. The van der Waals surface area contributed by atoms with Crippen molar-refractivity contribution in [2.75, 3.05) is 5.32 Å². The third-order valence-electron chi connectivity index (χ3n) is 3.30. The first kappa shape index (κ1) is 15.8. The van der Waals surface area contributed by atoms with E-state index in [0.29, 0.717) is 24.2 Å². The molecule has 0 spiro atoms. The maximum Gasteiger partial charge on any atom is 0.251 e. The fraction of sp³-hybridized carbons (Fsp3) is 0.222. The van der Waals surface area contributed by atoms with Crippen LogP contribution in [0, 0.1) is 6.92 Å². The molecule has 2 N–H and O–H groups in total. The summed E-state index contributed by atoms with van der Waals surface area (Å²) in [6, 6.07) is 15.0. The molecule has 0 saturated heterocycles. The molecule has 0 aliphatic carbocycles. The number of anilines is 1. The second kappa shape index (κ2) is 7.41. The summed E-state index contributed by atoms with van der Waals surface area (Å²) >= 11 is 0. The minimum atomic E-state index is -0.159. The van der Waals surface area contributed by atoms with E-state index in [1.54, 1.807) is 31.2 Å². The lowest BCUT2D eigenvalue weighted by atomic mass is 10.1. The number of rotatable bonds is 5. The summed E-state index contributed by atoms with van der Waals surface area (Å²) in [5.74, 6) is -0.231. The van der Waals surface area contributed by atoms with Crippen molar-refractivity contribution in [1.82, 2.24) is 5.32 Å². The van der Waals surface area contributed by atoms with Gasteiger partial charge in [-0.15, -0.1) is 0 Å². The smallest absolute Gasteiger partial charge is 0.251 e. The highest BCUT2D eigenvalue weighted by Crippen LogP contribution is 2.11. The highest BCUT2D eigenvalue weighted by atomic mass is 16.2. The highest BCUT2D eigenvalue weighted by molar-refractivity contribution is 5.97. The van der Waals surface area contributed by atoms with Crippen molar-refractivity contribution >= 4 is 17.5 Å². The van der Waals surface area contributed by atoms with E-state index in [9.17, 15) is 9.59 Å². The molecule has 4 nitrogen and oxygen atoms in total. The lowest BCUT2D eigenvalue weighted by Gasteiger charge is -2.08. The van der Waals surface area contributed by atoms with Crippen molar-refractivity contribution in [3.63, 3.8) is 0 Å². The monoisotopic (exact) mass is 296 g/mol. The van der Waals surface area contributed by atoms with Crippen LogP contribution < -0.4 is 10.6 Å². The number of benzene rings is 2. The Morgan fingerprint density at radius 2 is 1.77 bits per heavy atom. The molecular weight excluding hydrogens is 276 g/mol. The molecule has 0 aliphatic rings. The highest BCUT2D eigenvalue weighted by Gasteiger charge is 2.07. The molecule has 2 aromatic carbocycles. The zero-order valence-corrected chi connectivity index (χ0v) is 12.8. The number of aryl methyl sites for hydroxylation is 1. The third-order valence-corrected chi connectivity index (χ3v) is 3.30. The maximum absolute atomic E-state index is 12.2. The first-order valence-corrected chi connectivity index (χ1v) is 7.32. The first-order valence-electron chi connectivity index (χ1n) is 7.32. The van der Waals surface area contributed by atoms with Crippen molar-refractivity contribution in [3.8, 4) is 0 Å². The molecule has 0 radical (unpaired) electrons. The lowest BCUT2D eigenvalue weighted by Crippen LogP contribution is -2.23. The van der Waals surface area contributed by atoms with Gasteiger partial charge < -0.3 is 10.6 Å². The molecule has 2 rings (SSSR count). The Labute approximate surface area is 130 Å². The largest absolute Gasteiger partial charge is 0.348 e. The van der Waals surface area contributed by atoms with E-state index in [-0.39, 0.29) is 11.8 Å². The molecule has 0 aromatic heterocycles. The summed E-state index contributed by atoms with van der Waals surface area (Å²) < 4.78 is 0. The van der Waals surface area contributed by atoms with Crippen LogP contribution in [0.3, 0.4) is 0 Å². The zero-order valence-electron chi connectivity index (χ0n) is 12.8. The van der Waals surface area contributed by atoms with Gasteiger partial charge in [0.05, 0.1) is 0 Å². The van der Waals surface area contributed by atoms with Gasteiger partial charge in [0, 0.05) is 24.2 Å². The summed E-state index contributed by atoms with van der Waals surface area (Å²) in [6.45, 7) is 4.29. The molecule has 0 atom stereocenters.